The lowest BCUT2D eigenvalue weighted by molar-refractivity contribution is 0.697. The minimum absolute atomic E-state index is 0.0168. The Morgan fingerprint density at radius 1 is 1.22 bits per heavy atom. The third kappa shape index (κ3) is 2.43. The van der Waals surface area contributed by atoms with Crippen LogP contribution in [0.25, 0.3) is 0 Å². The topological polar surface area (TPSA) is 0 Å². The van der Waals surface area contributed by atoms with Gasteiger partial charge in [0.05, 0.1) is 9.16 Å². The van der Waals surface area contributed by atoms with E-state index >= 15 is 0 Å². The molecule has 2 heterocycles. The van der Waals surface area contributed by atoms with E-state index in [0.717, 1.165) is 0 Å². The number of fused-ring (bicyclic) bond motifs is 1. The largest absolute Gasteiger partial charge is 0.143 e. The first-order valence-corrected chi connectivity index (χ1v) is 9.03. The van der Waals surface area contributed by atoms with E-state index in [1.165, 1.54) is 44.8 Å². The molecule has 0 amide bonds. The molecule has 1 aliphatic carbocycles. The maximum atomic E-state index is 6.67. The number of hydrogen-bond donors (Lipinski definition) is 0. The second-order valence-corrected chi connectivity index (χ2v) is 8.97. The lowest BCUT2D eigenvalue weighted by Gasteiger charge is -2.08. The maximum absolute atomic E-state index is 6.67. The van der Waals surface area contributed by atoms with Crippen LogP contribution in [0.15, 0.2) is 15.9 Å². The lowest BCUT2D eigenvalue weighted by Crippen LogP contribution is -1.96. The van der Waals surface area contributed by atoms with Crippen molar-refractivity contribution in [3.63, 3.8) is 0 Å². The summed E-state index contributed by atoms with van der Waals surface area (Å²) in [5.41, 5.74) is 2.80. The molecular formula is C14H14BrClS2. The van der Waals surface area contributed by atoms with Gasteiger partial charge in [-0.1, -0.05) is 0 Å². The summed E-state index contributed by atoms with van der Waals surface area (Å²) >= 11 is 13.9. The summed E-state index contributed by atoms with van der Waals surface area (Å²) in [6.45, 7) is 2.15. The van der Waals surface area contributed by atoms with Gasteiger partial charge >= 0.3 is 0 Å². The zero-order chi connectivity index (χ0) is 12.7. The molecule has 0 aliphatic heterocycles. The van der Waals surface area contributed by atoms with Crippen molar-refractivity contribution in [1.29, 1.82) is 0 Å². The van der Waals surface area contributed by atoms with E-state index in [9.17, 15) is 0 Å². The average Bonchev–Trinajstić information content (AvgIpc) is 2.91. The van der Waals surface area contributed by atoms with E-state index in [4.69, 9.17) is 11.6 Å². The zero-order valence-corrected chi connectivity index (χ0v) is 14.1. The van der Waals surface area contributed by atoms with Gasteiger partial charge in [-0.2, -0.15) is 0 Å². The summed E-state index contributed by atoms with van der Waals surface area (Å²) in [5, 5.41) is 0.0168. The minimum Gasteiger partial charge on any atom is -0.143 e. The monoisotopic (exact) mass is 360 g/mol. The number of thiophene rings is 2. The van der Waals surface area contributed by atoms with Crippen LogP contribution in [0, 0.1) is 6.92 Å². The first kappa shape index (κ1) is 13.2. The third-order valence-corrected chi connectivity index (χ3v) is 6.94. The van der Waals surface area contributed by atoms with Crippen LogP contribution in [0.1, 0.15) is 44.0 Å². The van der Waals surface area contributed by atoms with Gasteiger partial charge in [0.2, 0.25) is 0 Å². The van der Waals surface area contributed by atoms with Gasteiger partial charge in [0.25, 0.3) is 0 Å². The molecule has 0 bridgehead atoms. The van der Waals surface area contributed by atoms with E-state index in [2.05, 4.69) is 35.0 Å². The summed E-state index contributed by atoms with van der Waals surface area (Å²) in [5.74, 6) is 0. The molecule has 0 aromatic carbocycles. The number of aryl methyl sites for hydroxylation is 3. The van der Waals surface area contributed by atoms with Gasteiger partial charge in [-0.15, -0.1) is 34.3 Å². The molecule has 3 rings (SSSR count). The molecule has 0 saturated carbocycles. The molecule has 0 nitrogen and oxygen atoms in total. The Labute approximate surface area is 129 Å². The van der Waals surface area contributed by atoms with Crippen LogP contribution >= 0.6 is 50.2 Å². The first-order valence-electron chi connectivity index (χ1n) is 6.16. The zero-order valence-electron chi connectivity index (χ0n) is 10.1. The SMILES string of the molecule is Cc1sc(Br)cc1C(Cl)c1cc2c(s1)CCCC2. The average molecular weight is 362 g/mol. The maximum Gasteiger partial charge on any atom is 0.0938 e. The van der Waals surface area contributed by atoms with Gasteiger partial charge in [-0.05, 0) is 71.8 Å². The van der Waals surface area contributed by atoms with Crippen LogP contribution in [0.5, 0.6) is 0 Å². The Bertz CT molecular complexity index is 547. The highest BCUT2D eigenvalue weighted by Crippen LogP contribution is 2.42. The predicted molar refractivity (Wildman–Crippen MR) is 85.4 cm³/mol. The normalized spacial score (nSPS) is 16.6. The van der Waals surface area contributed by atoms with Crippen molar-refractivity contribution in [2.24, 2.45) is 0 Å². The van der Waals surface area contributed by atoms with Crippen molar-refractivity contribution in [2.45, 2.75) is 38.0 Å². The van der Waals surface area contributed by atoms with Gasteiger partial charge in [0.15, 0.2) is 0 Å². The van der Waals surface area contributed by atoms with Crippen LogP contribution < -0.4 is 0 Å². The van der Waals surface area contributed by atoms with Gasteiger partial charge in [-0.3, -0.25) is 0 Å². The van der Waals surface area contributed by atoms with E-state index in [-0.39, 0.29) is 5.38 Å². The van der Waals surface area contributed by atoms with Crippen molar-refractivity contribution in [2.75, 3.05) is 0 Å². The molecule has 0 radical (unpaired) electrons. The summed E-state index contributed by atoms with van der Waals surface area (Å²) < 4.78 is 1.17. The summed E-state index contributed by atoms with van der Waals surface area (Å²) in [6.07, 6.45) is 5.15. The highest BCUT2D eigenvalue weighted by atomic mass is 79.9. The standard InChI is InChI=1S/C14H14BrClS2/c1-8-10(7-13(15)17-8)14(16)12-6-9-4-2-3-5-11(9)18-12/h6-7,14H,2-5H2,1H3. The third-order valence-electron chi connectivity index (χ3n) is 3.46. The van der Waals surface area contributed by atoms with Crippen molar-refractivity contribution < 1.29 is 0 Å². The highest BCUT2D eigenvalue weighted by molar-refractivity contribution is 9.11. The van der Waals surface area contributed by atoms with Crippen LogP contribution in [-0.4, -0.2) is 0 Å². The number of hydrogen-bond acceptors (Lipinski definition) is 2. The molecular weight excluding hydrogens is 348 g/mol. The summed E-state index contributed by atoms with van der Waals surface area (Å²) in [6, 6.07) is 4.50. The molecule has 0 N–H and O–H groups in total. The molecule has 0 saturated heterocycles. The van der Waals surface area contributed by atoms with Crippen molar-refractivity contribution in [3.8, 4) is 0 Å². The molecule has 2 aromatic heterocycles. The first-order chi connectivity index (χ1) is 8.65. The van der Waals surface area contributed by atoms with E-state index in [0.29, 0.717) is 0 Å². The number of rotatable bonds is 2. The summed E-state index contributed by atoms with van der Waals surface area (Å²) in [4.78, 5) is 4.19. The van der Waals surface area contributed by atoms with Crippen LogP contribution in [-0.2, 0) is 12.8 Å². The molecule has 2 aromatic rings. The smallest absolute Gasteiger partial charge is 0.0938 e. The summed E-state index contributed by atoms with van der Waals surface area (Å²) in [7, 11) is 0. The molecule has 96 valence electrons. The Hall–Kier alpha value is 0.170. The van der Waals surface area contributed by atoms with Crippen molar-refractivity contribution in [3.05, 3.63) is 41.7 Å². The highest BCUT2D eigenvalue weighted by Gasteiger charge is 2.21. The van der Waals surface area contributed by atoms with Gasteiger partial charge in [-0.25, -0.2) is 0 Å². The van der Waals surface area contributed by atoms with Crippen LogP contribution in [0.4, 0.5) is 0 Å². The van der Waals surface area contributed by atoms with Crippen LogP contribution in [0.3, 0.4) is 0 Å². The molecule has 18 heavy (non-hydrogen) atoms. The fourth-order valence-corrected chi connectivity index (χ4v) is 5.99. The fourth-order valence-electron chi connectivity index (χ4n) is 2.50. The Balaban J connectivity index is 1.94. The Morgan fingerprint density at radius 3 is 2.67 bits per heavy atom. The minimum atomic E-state index is 0.0168. The Kier molecular flexibility index (Phi) is 3.86. The molecule has 1 atom stereocenters. The lowest BCUT2D eigenvalue weighted by atomic mass is 9.99. The number of alkyl halides is 1. The van der Waals surface area contributed by atoms with Gasteiger partial charge in [0, 0.05) is 14.6 Å². The van der Waals surface area contributed by atoms with E-state index < -0.39 is 0 Å². The molecule has 4 heteroatoms. The quantitative estimate of drug-likeness (QED) is 0.568. The fraction of sp³-hybridized carbons (Fsp3) is 0.429. The van der Waals surface area contributed by atoms with E-state index in [1.54, 1.807) is 21.8 Å². The molecule has 1 aliphatic rings. The molecule has 0 fully saturated rings. The number of halogens is 2. The van der Waals surface area contributed by atoms with Gasteiger partial charge in [0.1, 0.15) is 0 Å². The molecule has 0 spiro atoms. The van der Waals surface area contributed by atoms with Crippen molar-refractivity contribution in [1.82, 2.24) is 0 Å². The second kappa shape index (κ2) is 5.28. The second-order valence-electron chi connectivity index (χ2n) is 4.73. The van der Waals surface area contributed by atoms with E-state index in [1.807, 2.05) is 11.3 Å². The van der Waals surface area contributed by atoms with Crippen LogP contribution in [0.2, 0.25) is 0 Å². The van der Waals surface area contributed by atoms with Crippen molar-refractivity contribution >= 4 is 50.2 Å². The Morgan fingerprint density at radius 2 is 2.00 bits per heavy atom. The molecule has 1 unspecified atom stereocenters. The predicted octanol–water partition coefficient (Wildman–Crippen LogP) is 6.09. The van der Waals surface area contributed by atoms with Gasteiger partial charge < -0.3 is 0 Å².